The van der Waals surface area contributed by atoms with E-state index in [9.17, 15) is 0 Å². The molecule has 0 aromatic rings. The highest BCUT2D eigenvalue weighted by Gasteiger charge is 2.17. The number of nitrogens with one attached hydrogen (secondary N) is 2. The second-order valence-electron chi connectivity index (χ2n) is 7.33. The van der Waals surface area contributed by atoms with Crippen molar-refractivity contribution in [2.24, 2.45) is 10.9 Å². The van der Waals surface area contributed by atoms with E-state index in [1.807, 2.05) is 7.05 Å². The predicted octanol–water partition coefficient (Wildman–Crippen LogP) is 3.01. The Morgan fingerprint density at radius 2 is 1.68 bits per heavy atom. The molecule has 0 bridgehead atoms. The lowest BCUT2D eigenvalue weighted by Gasteiger charge is -2.35. The molecule has 1 heterocycles. The van der Waals surface area contributed by atoms with Crippen LogP contribution in [0.5, 0.6) is 0 Å². The molecule has 0 aliphatic carbocycles. The SMILES string of the molecule is CCCCCC(C)NC(=NC)NCC(C)CN1CCN(CC)CC1.I. The maximum absolute atomic E-state index is 4.37. The smallest absolute Gasteiger partial charge is 0.191 e. The van der Waals surface area contributed by atoms with Gasteiger partial charge < -0.3 is 20.4 Å². The summed E-state index contributed by atoms with van der Waals surface area (Å²) >= 11 is 0. The number of halogens is 1. The first kappa shape index (κ1) is 24.9. The van der Waals surface area contributed by atoms with Crippen LogP contribution in [0.2, 0.25) is 0 Å². The molecule has 2 N–H and O–H groups in total. The monoisotopic (exact) mass is 467 g/mol. The van der Waals surface area contributed by atoms with Gasteiger partial charge in [-0.05, 0) is 25.8 Å². The molecule has 0 aromatic carbocycles. The van der Waals surface area contributed by atoms with Crippen molar-refractivity contribution in [2.75, 3.05) is 52.9 Å². The van der Waals surface area contributed by atoms with E-state index in [1.165, 1.54) is 65.0 Å². The minimum absolute atomic E-state index is 0. The number of likely N-dealkylation sites (N-methyl/N-ethyl adjacent to an activating group) is 1. The van der Waals surface area contributed by atoms with Gasteiger partial charge in [0.2, 0.25) is 0 Å². The molecule has 0 radical (unpaired) electrons. The molecule has 1 fully saturated rings. The Labute approximate surface area is 173 Å². The average Bonchev–Trinajstić information content (AvgIpc) is 2.59. The van der Waals surface area contributed by atoms with Crippen LogP contribution in [0.25, 0.3) is 0 Å². The Balaban J connectivity index is 0.00000576. The Hall–Kier alpha value is -0.0800. The lowest BCUT2D eigenvalue weighted by molar-refractivity contribution is 0.124. The Bertz CT molecular complexity index is 343. The van der Waals surface area contributed by atoms with Gasteiger partial charge in [0, 0.05) is 52.4 Å². The van der Waals surface area contributed by atoms with Crippen LogP contribution in [0, 0.1) is 5.92 Å². The van der Waals surface area contributed by atoms with Crippen molar-refractivity contribution in [1.29, 1.82) is 0 Å². The van der Waals surface area contributed by atoms with Crippen LogP contribution in [-0.4, -0.2) is 74.7 Å². The summed E-state index contributed by atoms with van der Waals surface area (Å²) in [4.78, 5) is 9.50. The van der Waals surface area contributed by atoms with Gasteiger partial charge in [-0.25, -0.2) is 0 Å². The van der Waals surface area contributed by atoms with Crippen molar-refractivity contribution in [3.8, 4) is 0 Å². The fraction of sp³-hybridized carbons (Fsp3) is 0.947. The molecule has 1 saturated heterocycles. The first-order valence-electron chi connectivity index (χ1n) is 10.0. The molecule has 0 saturated carbocycles. The summed E-state index contributed by atoms with van der Waals surface area (Å²) < 4.78 is 0. The standard InChI is InChI=1S/C19H41N5.HI/c1-6-8-9-10-18(4)22-19(20-5)21-15-17(3)16-24-13-11-23(7-2)12-14-24;/h17-18H,6-16H2,1-5H3,(H2,20,21,22);1H. The summed E-state index contributed by atoms with van der Waals surface area (Å²) in [5.41, 5.74) is 0. The van der Waals surface area contributed by atoms with E-state index < -0.39 is 0 Å². The second kappa shape index (κ2) is 15.0. The van der Waals surface area contributed by atoms with Crippen molar-refractivity contribution in [1.82, 2.24) is 20.4 Å². The maximum atomic E-state index is 4.37. The number of hydrogen-bond donors (Lipinski definition) is 2. The minimum Gasteiger partial charge on any atom is -0.356 e. The van der Waals surface area contributed by atoms with E-state index in [1.54, 1.807) is 0 Å². The van der Waals surface area contributed by atoms with Crippen molar-refractivity contribution in [3.63, 3.8) is 0 Å². The third kappa shape index (κ3) is 11.3. The van der Waals surface area contributed by atoms with Gasteiger partial charge in [-0.2, -0.15) is 0 Å². The zero-order valence-corrected chi connectivity index (χ0v) is 19.5. The van der Waals surface area contributed by atoms with Crippen LogP contribution >= 0.6 is 24.0 Å². The van der Waals surface area contributed by atoms with E-state index in [2.05, 4.69) is 53.1 Å². The Morgan fingerprint density at radius 3 is 2.24 bits per heavy atom. The highest BCUT2D eigenvalue weighted by Crippen LogP contribution is 2.05. The fourth-order valence-electron chi connectivity index (χ4n) is 3.27. The Kier molecular flexibility index (Phi) is 15.0. The molecule has 1 aliphatic rings. The van der Waals surface area contributed by atoms with Crippen LogP contribution in [0.3, 0.4) is 0 Å². The predicted molar refractivity (Wildman–Crippen MR) is 121 cm³/mol. The number of rotatable bonds is 10. The summed E-state index contributed by atoms with van der Waals surface area (Å²) in [5, 5.41) is 7.02. The van der Waals surface area contributed by atoms with Crippen LogP contribution in [0.4, 0.5) is 0 Å². The van der Waals surface area contributed by atoms with Crippen molar-refractivity contribution >= 4 is 29.9 Å². The summed E-state index contributed by atoms with van der Waals surface area (Å²) in [6.45, 7) is 17.3. The number of guanidine groups is 1. The van der Waals surface area contributed by atoms with Gasteiger partial charge in [0.1, 0.15) is 0 Å². The first-order valence-corrected chi connectivity index (χ1v) is 10.0. The number of nitrogens with zero attached hydrogens (tertiary/aromatic N) is 3. The third-order valence-corrected chi connectivity index (χ3v) is 4.95. The fourth-order valence-corrected chi connectivity index (χ4v) is 3.27. The van der Waals surface area contributed by atoms with Gasteiger partial charge in [-0.1, -0.05) is 40.0 Å². The number of piperazine rings is 1. The molecule has 2 unspecified atom stereocenters. The van der Waals surface area contributed by atoms with Crippen molar-refractivity contribution in [2.45, 2.75) is 59.4 Å². The van der Waals surface area contributed by atoms with E-state index in [0.717, 1.165) is 12.5 Å². The average molecular weight is 467 g/mol. The van der Waals surface area contributed by atoms with Crippen molar-refractivity contribution in [3.05, 3.63) is 0 Å². The molecule has 1 rings (SSSR count). The van der Waals surface area contributed by atoms with E-state index in [4.69, 9.17) is 0 Å². The molecule has 2 atom stereocenters. The molecule has 0 aromatic heterocycles. The molecule has 0 amide bonds. The van der Waals surface area contributed by atoms with E-state index >= 15 is 0 Å². The van der Waals surface area contributed by atoms with Crippen LogP contribution in [0.1, 0.15) is 53.4 Å². The third-order valence-electron chi connectivity index (χ3n) is 4.95. The van der Waals surface area contributed by atoms with Gasteiger partial charge in [-0.15, -0.1) is 24.0 Å². The lowest BCUT2D eigenvalue weighted by Crippen LogP contribution is -2.49. The lowest BCUT2D eigenvalue weighted by atomic mass is 10.1. The largest absolute Gasteiger partial charge is 0.356 e. The van der Waals surface area contributed by atoms with Gasteiger partial charge in [0.05, 0.1) is 0 Å². The molecule has 5 nitrogen and oxygen atoms in total. The first-order chi connectivity index (χ1) is 11.6. The van der Waals surface area contributed by atoms with Gasteiger partial charge in [-0.3, -0.25) is 4.99 Å². The molecule has 1 aliphatic heterocycles. The zero-order valence-electron chi connectivity index (χ0n) is 17.2. The maximum Gasteiger partial charge on any atom is 0.191 e. The number of unbranched alkanes of at least 4 members (excludes halogenated alkanes) is 2. The van der Waals surface area contributed by atoms with Gasteiger partial charge in [0.15, 0.2) is 5.96 Å². The molecule has 150 valence electrons. The van der Waals surface area contributed by atoms with Gasteiger partial charge in [0.25, 0.3) is 0 Å². The van der Waals surface area contributed by atoms with Crippen LogP contribution in [0.15, 0.2) is 4.99 Å². The molecular formula is C19H42IN5. The summed E-state index contributed by atoms with van der Waals surface area (Å²) in [7, 11) is 1.86. The minimum atomic E-state index is 0. The topological polar surface area (TPSA) is 42.9 Å². The molecule has 0 spiro atoms. The highest BCUT2D eigenvalue weighted by molar-refractivity contribution is 14.0. The summed E-state index contributed by atoms with van der Waals surface area (Å²) in [5.74, 6) is 1.58. The number of aliphatic imine (C=N–C) groups is 1. The summed E-state index contributed by atoms with van der Waals surface area (Å²) in [6.07, 6.45) is 5.11. The molecule has 25 heavy (non-hydrogen) atoms. The normalized spacial score (nSPS) is 19.2. The highest BCUT2D eigenvalue weighted by atomic mass is 127. The van der Waals surface area contributed by atoms with Crippen molar-refractivity contribution < 1.29 is 0 Å². The molecule has 6 heteroatoms. The Morgan fingerprint density at radius 1 is 1.04 bits per heavy atom. The quantitative estimate of drug-likeness (QED) is 0.224. The van der Waals surface area contributed by atoms with Gasteiger partial charge >= 0.3 is 0 Å². The summed E-state index contributed by atoms with van der Waals surface area (Å²) in [6, 6.07) is 0.486. The second-order valence-corrected chi connectivity index (χ2v) is 7.33. The van der Waals surface area contributed by atoms with E-state index in [-0.39, 0.29) is 24.0 Å². The van der Waals surface area contributed by atoms with Crippen LogP contribution < -0.4 is 10.6 Å². The van der Waals surface area contributed by atoms with Crippen LogP contribution in [-0.2, 0) is 0 Å². The van der Waals surface area contributed by atoms with E-state index in [0.29, 0.717) is 12.0 Å². The zero-order chi connectivity index (χ0) is 17.8. The molecular weight excluding hydrogens is 425 g/mol. The number of hydrogen-bond acceptors (Lipinski definition) is 3.